The number of aliphatic imine (C=N–C) groups is 1. The van der Waals surface area contributed by atoms with E-state index in [0.717, 1.165) is 17.5 Å². The highest BCUT2D eigenvalue weighted by molar-refractivity contribution is 14.0. The van der Waals surface area contributed by atoms with E-state index in [1.165, 1.54) is 10.9 Å². The van der Waals surface area contributed by atoms with Crippen LogP contribution in [0.4, 0.5) is 4.39 Å². The molecule has 1 aromatic carbocycles. The molecule has 2 N–H and O–H groups in total. The Balaban J connectivity index is 0.00000312. The second-order valence-electron chi connectivity index (χ2n) is 6.28. The molecule has 0 aliphatic heterocycles. The molecule has 138 valence electrons. The van der Waals surface area contributed by atoms with Crippen molar-refractivity contribution in [2.75, 3.05) is 13.1 Å². The molecule has 25 heavy (non-hydrogen) atoms. The van der Waals surface area contributed by atoms with Gasteiger partial charge in [-0.05, 0) is 25.5 Å². The number of aryl methyl sites for hydroxylation is 1. The van der Waals surface area contributed by atoms with Crippen molar-refractivity contribution in [2.45, 2.75) is 39.7 Å². The lowest BCUT2D eigenvalue weighted by molar-refractivity contribution is 0.473. The van der Waals surface area contributed by atoms with E-state index in [4.69, 9.17) is 0 Å². The zero-order valence-electron chi connectivity index (χ0n) is 15.1. The van der Waals surface area contributed by atoms with Gasteiger partial charge in [0.05, 0.1) is 6.54 Å². The lowest BCUT2D eigenvalue weighted by atomic mass is 9.84. The minimum absolute atomic E-state index is 0. The van der Waals surface area contributed by atoms with Gasteiger partial charge in [-0.1, -0.05) is 32.0 Å². The van der Waals surface area contributed by atoms with Crippen LogP contribution in [0.5, 0.6) is 0 Å². The van der Waals surface area contributed by atoms with E-state index in [2.05, 4.69) is 20.6 Å². The first-order chi connectivity index (χ1) is 11.4. The molecule has 0 fully saturated rings. The first-order valence-corrected chi connectivity index (χ1v) is 8.92. The Bertz CT molecular complexity index is 700. The van der Waals surface area contributed by atoms with Gasteiger partial charge in [0, 0.05) is 29.6 Å². The first-order valence-electron chi connectivity index (χ1n) is 8.11. The van der Waals surface area contributed by atoms with Crippen LogP contribution in [-0.4, -0.2) is 24.0 Å². The fraction of sp³-hybridized carbons (Fsp3) is 0.444. The Hall–Kier alpha value is -1.22. The molecule has 0 bridgehead atoms. The van der Waals surface area contributed by atoms with Gasteiger partial charge in [-0.2, -0.15) is 0 Å². The fourth-order valence-corrected chi connectivity index (χ4v) is 3.08. The van der Waals surface area contributed by atoms with Crippen molar-refractivity contribution < 1.29 is 4.39 Å². The summed E-state index contributed by atoms with van der Waals surface area (Å²) in [6.45, 7) is 9.98. The van der Waals surface area contributed by atoms with Gasteiger partial charge in [0.2, 0.25) is 0 Å². The van der Waals surface area contributed by atoms with Crippen molar-refractivity contribution in [1.82, 2.24) is 15.6 Å². The number of thiazole rings is 1. The Morgan fingerprint density at radius 3 is 2.60 bits per heavy atom. The zero-order valence-corrected chi connectivity index (χ0v) is 18.2. The standard InChI is InChI=1S/C18H25FN4S.HI/c1-5-20-17(22-11-16-21-10-13(2)24-16)23-12-18(3,4)14-8-6-7-9-15(14)19;/h6-10H,5,11-12H2,1-4H3,(H2,20,22,23);1H. The molecular weight excluding hydrogens is 450 g/mol. The van der Waals surface area contributed by atoms with Crippen LogP contribution in [0.3, 0.4) is 0 Å². The molecule has 0 aliphatic carbocycles. The van der Waals surface area contributed by atoms with Crippen molar-refractivity contribution in [2.24, 2.45) is 4.99 Å². The average Bonchev–Trinajstić information content (AvgIpc) is 2.96. The Morgan fingerprint density at radius 1 is 1.28 bits per heavy atom. The monoisotopic (exact) mass is 476 g/mol. The molecule has 4 nitrogen and oxygen atoms in total. The van der Waals surface area contributed by atoms with Crippen molar-refractivity contribution in [3.05, 3.63) is 51.7 Å². The van der Waals surface area contributed by atoms with Crippen molar-refractivity contribution in [3.63, 3.8) is 0 Å². The lowest BCUT2D eigenvalue weighted by Crippen LogP contribution is -2.43. The molecule has 0 saturated carbocycles. The average molecular weight is 476 g/mol. The summed E-state index contributed by atoms with van der Waals surface area (Å²) in [5.74, 6) is 0.541. The summed E-state index contributed by atoms with van der Waals surface area (Å²) in [7, 11) is 0. The summed E-state index contributed by atoms with van der Waals surface area (Å²) in [5.41, 5.74) is 0.350. The van der Waals surface area contributed by atoms with Crippen molar-refractivity contribution in [3.8, 4) is 0 Å². The number of hydrogen-bond donors (Lipinski definition) is 2. The van der Waals surface area contributed by atoms with Crippen LogP contribution in [0, 0.1) is 12.7 Å². The smallest absolute Gasteiger partial charge is 0.191 e. The number of nitrogens with zero attached hydrogens (tertiary/aromatic N) is 2. The maximum absolute atomic E-state index is 14.0. The highest BCUT2D eigenvalue weighted by Gasteiger charge is 2.24. The van der Waals surface area contributed by atoms with E-state index in [9.17, 15) is 4.39 Å². The van der Waals surface area contributed by atoms with Crippen LogP contribution in [0.15, 0.2) is 35.5 Å². The number of halogens is 2. The van der Waals surface area contributed by atoms with Crippen LogP contribution < -0.4 is 10.6 Å². The molecule has 2 aromatic rings. The third-order valence-electron chi connectivity index (χ3n) is 3.69. The second kappa shape index (κ2) is 10.1. The predicted octanol–water partition coefficient (Wildman–Crippen LogP) is 4.24. The molecule has 2 rings (SSSR count). The summed E-state index contributed by atoms with van der Waals surface area (Å²) in [4.78, 5) is 10.1. The van der Waals surface area contributed by atoms with Gasteiger partial charge in [0.15, 0.2) is 5.96 Å². The summed E-state index contributed by atoms with van der Waals surface area (Å²) < 4.78 is 14.0. The number of guanidine groups is 1. The topological polar surface area (TPSA) is 49.3 Å². The highest BCUT2D eigenvalue weighted by Crippen LogP contribution is 2.24. The van der Waals surface area contributed by atoms with E-state index < -0.39 is 0 Å². The fourth-order valence-electron chi connectivity index (χ4n) is 2.37. The van der Waals surface area contributed by atoms with Gasteiger partial charge in [0.25, 0.3) is 0 Å². The van der Waals surface area contributed by atoms with Crippen LogP contribution in [-0.2, 0) is 12.0 Å². The van der Waals surface area contributed by atoms with Gasteiger partial charge in [-0.3, -0.25) is 0 Å². The Morgan fingerprint density at radius 2 is 2.00 bits per heavy atom. The van der Waals surface area contributed by atoms with E-state index in [1.807, 2.05) is 46.0 Å². The molecule has 1 heterocycles. The third kappa shape index (κ3) is 6.54. The van der Waals surface area contributed by atoms with E-state index in [-0.39, 0.29) is 35.2 Å². The van der Waals surface area contributed by atoms with E-state index in [1.54, 1.807) is 17.4 Å². The lowest BCUT2D eigenvalue weighted by Gasteiger charge is -2.27. The van der Waals surface area contributed by atoms with Crippen LogP contribution >= 0.6 is 35.3 Å². The Labute approximate surface area is 170 Å². The number of aromatic nitrogens is 1. The molecule has 0 spiro atoms. The van der Waals surface area contributed by atoms with Crippen molar-refractivity contribution >= 4 is 41.3 Å². The maximum Gasteiger partial charge on any atom is 0.191 e. The minimum atomic E-state index is -0.348. The number of benzene rings is 1. The van der Waals surface area contributed by atoms with Crippen LogP contribution in [0.1, 0.15) is 36.2 Å². The summed E-state index contributed by atoms with van der Waals surface area (Å²) >= 11 is 1.65. The van der Waals surface area contributed by atoms with Gasteiger partial charge in [0.1, 0.15) is 10.8 Å². The molecule has 0 aliphatic rings. The number of hydrogen-bond acceptors (Lipinski definition) is 3. The van der Waals surface area contributed by atoms with Crippen LogP contribution in [0.2, 0.25) is 0 Å². The van der Waals surface area contributed by atoms with Gasteiger partial charge in [-0.15, -0.1) is 35.3 Å². The van der Waals surface area contributed by atoms with Crippen molar-refractivity contribution in [1.29, 1.82) is 0 Å². The number of nitrogens with one attached hydrogen (secondary N) is 2. The molecule has 0 radical (unpaired) electrons. The Kier molecular flexibility index (Phi) is 8.78. The maximum atomic E-state index is 14.0. The molecular formula is C18H26FIN4S. The zero-order chi connectivity index (χ0) is 17.6. The quantitative estimate of drug-likeness (QED) is 0.373. The molecule has 0 saturated heterocycles. The highest BCUT2D eigenvalue weighted by atomic mass is 127. The van der Waals surface area contributed by atoms with Gasteiger partial charge >= 0.3 is 0 Å². The second-order valence-corrected chi connectivity index (χ2v) is 7.60. The minimum Gasteiger partial charge on any atom is -0.357 e. The largest absolute Gasteiger partial charge is 0.357 e. The van der Waals surface area contributed by atoms with Gasteiger partial charge < -0.3 is 10.6 Å². The molecule has 0 amide bonds. The van der Waals surface area contributed by atoms with E-state index in [0.29, 0.717) is 18.7 Å². The molecule has 7 heteroatoms. The summed E-state index contributed by atoms with van der Waals surface area (Å²) in [6.07, 6.45) is 1.86. The molecule has 0 unspecified atom stereocenters. The summed E-state index contributed by atoms with van der Waals surface area (Å²) in [6, 6.07) is 6.91. The SMILES string of the molecule is CCNC(=NCc1ncc(C)s1)NCC(C)(C)c1ccccc1F.I. The normalized spacial score (nSPS) is 11.8. The molecule has 1 aromatic heterocycles. The van der Waals surface area contributed by atoms with Crippen LogP contribution in [0.25, 0.3) is 0 Å². The van der Waals surface area contributed by atoms with Gasteiger partial charge in [-0.25, -0.2) is 14.4 Å². The predicted molar refractivity (Wildman–Crippen MR) is 115 cm³/mol. The molecule has 0 atom stereocenters. The first kappa shape index (κ1) is 21.8. The third-order valence-corrected chi connectivity index (χ3v) is 4.58. The number of rotatable bonds is 6. The van der Waals surface area contributed by atoms with E-state index >= 15 is 0 Å². The summed E-state index contributed by atoms with van der Waals surface area (Å²) in [5, 5.41) is 7.52.